The normalized spacial score (nSPS) is 12.4. The van der Waals surface area contributed by atoms with Crippen molar-refractivity contribution in [3.8, 4) is 0 Å². The third-order valence-corrected chi connectivity index (χ3v) is 4.43. The molecule has 1 aromatic carbocycles. The van der Waals surface area contributed by atoms with E-state index >= 15 is 0 Å². The summed E-state index contributed by atoms with van der Waals surface area (Å²) in [6, 6.07) is 5.76. The summed E-state index contributed by atoms with van der Waals surface area (Å²) in [5.74, 6) is -0.113. The Morgan fingerprint density at radius 3 is 2.21 bits per heavy atom. The van der Waals surface area contributed by atoms with Gasteiger partial charge in [-0.3, -0.25) is 4.79 Å². The van der Waals surface area contributed by atoms with Crippen LogP contribution in [0.4, 0.5) is 0 Å². The van der Waals surface area contributed by atoms with Crippen molar-refractivity contribution in [3.63, 3.8) is 0 Å². The highest BCUT2D eigenvalue weighted by Crippen LogP contribution is 2.16. The second kappa shape index (κ2) is 5.81. The SMILES string of the molecule is CC(=O)c1ccc(S(=O)(=O)NC(C)(C)CCO)cc1. The molecule has 2 N–H and O–H groups in total. The van der Waals surface area contributed by atoms with Crippen molar-refractivity contribution in [2.24, 2.45) is 0 Å². The lowest BCUT2D eigenvalue weighted by Crippen LogP contribution is -2.43. The van der Waals surface area contributed by atoms with Crippen LogP contribution in [0.3, 0.4) is 0 Å². The van der Waals surface area contributed by atoms with E-state index in [1.807, 2.05) is 0 Å². The van der Waals surface area contributed by atoms with Gasteiger partial charge in [0.25, 0.3) is 0 Å². The number of benzene rings is 1. The minimum Gasteiger partial charge on any atom is -0.396 e. The predicted octanol–water partition coefficient (Wildman–Crippen LogP) is 1.33. The summed E-state index contributed by atoms with van der Waals surface area (Å²) in [6.07, 6.45) is 0.317. The molecule has 5 nitrogen and oxygen atoms in total. The molecule has 0 amide bonds. The van der Waals surface area contributed by atoms with Crippen molar-refractivity contribution < 1.29 is 18.3 Å². The first kappa shape index (κ1) is 15.8. The highest BCUT2D eigenvalue weighted by molar-refractivity contribution is 7.89. The highest BCUT2D eigenvalue weighted by atomic mass is 32.2. The van der Waals surface area contributed by atoms with Gasteiger partial charge in [0.15, 0.2) is 5.78 Å². The average Bonchev–Trinajstić information content (AvgIpc) is 2.27. The number of hydrogen-bond acceptors (Lipinski definition) is 4. The Kier molecular flexibility index (Phi) is 4.84. The van der Waals surface area contributed by atoms with E-state index in [1.54, 1.807) is 13.8 Å². The van der Waals surface area contributed by atoms with Gasteiger partial charge in [0.2, 0.25) is 10.0 Å². The van der Waals surface area contributed by atoms with Crippen LogP contribution >= 0.6 is 0 Å². The molecule has 1 rings (SSSR count). The summed E-state index contributed by atoms with van der Waals surface area (Å²) in [7, 11) is -3.66. The summed E-state index contributed by atoms with van der Waals surface area (Å²) >= 11 is 0. The number of sulfonamides is 1. The summed E-state index contributed by atoms with van der Waals surface area (Å²) in [5, 5.41) is 8.89. The van der Waals surface area contributed by atoms with E-state index in [1.165, 1.54) is 31.2 Å². The lowest BCUT2D eigenvalue weighted by Gasteiger charge is -2.25. The van der Waals surface area contributed by atoms with Crippen molar-refractivity contribution in [1.29, 1.82) is 0 Å². The van der Waals surface area contributed by atoms with Crippen molar-refractivity contribution in [3.05, 3.63) is 29.8 Å². The van der Waals surface area contributed by atoms with Gasteiger partial charge in [-0.2, -0.15) is 0 Å². The van der Waals surface area contributed by atoms with Gasteiger partial charge >= 0.3 is 0 Å². The number of nitrogens with one attached hydrogen (secondary N) is 1. The zero-order chi connectivity index (χ0) is 14.7. The maximum atomic E-state index is 12.1. The van der Waals surface area contributed by atoms with Gasteiger partial charge in [-0.25, -0.2) is 13.1 Å². The first-order chi connectivity index (χ1) is 8.68. The Labute approximate surface area is 113 Å². The Hall–Kier alpha value is -1.24. The van der Waals surface area contributed by atoms with Crippen LogP contribution in [0.1, 0.15) is 37.6 Å². The predicted molar refractivity (Wildman–Crippen MR) is 72.5 cm³/mol. The smallest absolute Gasteiger partial charge is 0.241 e. The molecular weight excluding hydrogens is 266 g/mol. The van der Waals surface area contributed by atoms with Crippen LogP contribution in [-0.4, -0.2) is 31.5 Å². The van der Waals surface area contributed by atoms with E-state index in [4.69, 9.17) is 5.11 Å². The van der Waals surface area contributed by atoms with Gasteiger partial charge in [0.1, 0.15) is 0 Å². The van der Waals surface area contributed by atoms with Crippen molar-refractivity contribution in [2.45, 2.75) is 37.6 Å². The number of aliphatic hydroxyl groups excluding tert-OH is 1. The minimum absolute atomic E-state index is 0.0984. The van der Waals surface area contributed by atoms with E-state index < -0.39 is 15.6 Å². The number of aliphatic hydroxyl groups is 1. The zero-order valence-corrected chi connectivity index (χ0v) is 12.1. The van der Waals surface area contributed by atoms with Crippen LogP contribution in [-0.2, 0) is 10.0 Å². The first-order valence-electron chi connectivity index (χ1n) is 5.94. The fourth-order valence-corrected chi connectivity index (χ4v) is 3.06. The number of rotatable bonds is 6. The van der Waals surface area contributed by atoms with E-state index in [-0.39, 0.29) is 17.3 Å². The summed E-state index contributed by atoms with van der Waals surface area (Å²) in [6.45, 7) is 4.72. The Balaban J connectivity index is 2.98. The third-order valence-electron chi connectivity index (χ3n) is 2.72. The van der Waals surface area contributed by atoms with Gasteiger partial charge in [-0.1, -0.05) is 12.1 Å². The molecule has 6 heteroatoms. The van der Waals surface area contributed by atoms with E-state index in [0.717, 1.165) is 0 Å². The van der Waals surface area contributed by atoms with E-state index in [0.29, 0.717) is 12.0 Å². The molecule has 0 radical (unpaired) electrons. The molecule has 0 spiro atoms. The topological polar surface area (TPSA) is 83.5 Å². The van der Waals surface area contributed by atoms with Gasteiger partial charge in [-0.15, -0.1) is 0 Å². The van der Waals surface area contributed by atoms with Gasteiger partial charge in [-0.05, 0) is 39.3 Å². The molecule has 0 aliphatic heterocycles. The van der Waals surface area contributed by atoms with Crippen LogP contribution in [0.15, 0.2) is 29.2 Å². The standard InChI is InChI=1S/C13H19NO4S/c1-10(16)11-4-6-12(7-5-11)19(17,18)14-13(2,3)8-9-15/h4-7,14-15H,8-9H2,1-3H3. The molecule has 0 aliphatic rings. The molecule has 0 bridgehead atoms. The number of Topliss-reactive ketones (excluding diaryl/α,β-unsaturated/α-hetero) is 1. The fourth-order valence-electron chi connectivity index (χ4n) is 1.62. The number of carbonyl (C=O) groups excluding carboxylic acids is 1. The molecule has 0 aromatic heterocycles. The molecule has 0 saturated carbocycles. The molecule has 19 heavy (non-hydrogen) atoms. The van der Waals surface area contributed by atoms with Crippen LogP contribution in [0.25, 0.3) is 0 Å². The molecule has 0 aliphatic carbocycles. The van der Waals surface area contributed by atoms with Gasteiger partial charge < -0.3 is 5.11 Å². The quantitative estimate of drug-likeness (QED) is 0.772. The van der Waals surface area contributed by atoms with E-state index in [9.17, 15) is 13.2 Å². The molecule has 1 aromatic rings. The Morgan fingerprint density at radius 1 is 1.26 bits per heavy atom. The molecule has 0 saturated heterocycles. The second-order valence-electron chi connectivity index (χ2n) is 5.04. The third kappa shape index (κ3) is 4.41. The maximum Gasteiger partial charge on any atom is 0.241 e. The summed E-state index contributed by atoms with van der Waals surface area (Å²) in [5.41, 5.74) is -0.263. The zero-order valence-electron chi connectivity index (χ0n) is 11.3. The molecule has 0 unspecified atom stereocenters. The second-order valence-corrected chi connectivity index (χ2v) is 6.73. The maximum absolute atomic E-state index is 12.1. The Morgan fingerprint density at radius 2 is 1.79 bits per heavy atom. The molecule has 0 atom stereocenters. The van der Waals surface area contributed by atoms with Crippen LogP contribution in [0.2, 0.25) is 0 Å². The highest BCUT2D eigenvalue weighted by Gasteiger charge is 2.25. The molecule has 106 valence electrons. The van der Waals surface area contributed by atoms with E-state index in [2.05, 4.69) is 4.72 Å². The van der Waals surface area contributed by atoms with Crippen molar-refractivity contribution in [1.82, 2.24) is 4.72 Å². The van der Waals surface area contributed by atoms with Crippen LogP contribution in [0.5, 0.6) is 0 Å². The lowest BCUT2D eigenvalue weighted by molar-refractivity contribution is 0.101. The summed E-state index contributed by atoms with van der Waals surface area (Å²) < 4.78 is 26.8. The number of ketones is 1. The van der Waals surface area contributed by atoms with Gasteiger partial charge in [0, 0.05) is 17.7 Å². The monoisotopic (exact) mass is 285 g/mol. The molecule has 0 fully saturated rings. The van der Waals surface area contributed by atoms with Crippen LogP contribution in [0, 0.1) is 0 Å². The number of carbonyl (C=O) groups is 1. The number of hydrogen-bond donors (Lipinski definition) is 2. The first-order valence-corrected chi connectivity index (χ1v) is 7.42. The molecule has 0 heterocycles. The van der Waals surface area contributed by atoms with Crippen LogP contribution < -0.4 is 4.72 Å². The largest absolute Gasteiger partial charge is 0.396 e. The fraction of sp³-hybridized carbons (Fsp3) is 0.462. The molecular formula is C13H19NO4S. The Bertz CT molecular complexity index is 547. The lowest BCUT2D eigenvalue weighted by atomic mass is 10.0. The van der Waals surface area contributed by atoms with Crippen molar-refractivity contribution in [2.75, 3.05) is 6.61 Å². The average molecular weight is 285 g/mol. The van der Waals surface area contributed by atoms with Crippen molar-refractivity contribution >= 4 is 15.8 Å². The minimum atomic E-state index is -3.66. The summed E-state index contributed by atoms with van der Waals surface area (Å²) in [4.78, 5) is 11.2. The van der Waals surface area contributed by atoms with Gasteiger partial charge in [0.05, 0.1) is 4.90 Å².